The highest BCUT2D eigenvalue weighted by Crippen LogP contribution is 2.33. The van der Waals surface area contributed by atoms with E-state index in [4.69, 9.17) is 4.42 Å². The van der Waals surface area contributed by atoms with E-state index < -0.39 is 6.10 Å². The molecule has 2 aromatic heterocycles. The van der Waals surface area contributed by atoms with Crippen LogP contribution in [0.4, 0.5) is 0 Å². The topological polar surface area (TPSA) is 33.4 Å². The van der Waals surface area contributed by atoms with Gasteiger partial charge in [-0.1, -0.05) is 0 Å². The lowest BCUT2D eigenvalue weighted by Gasteiger charge is -2.06. The van der Waals surface area contributed by atoms with Crippen molar-refractivity contribution in [3.8, 4) is 0 Å². The van der Waals surface area contributed by atoms with E-state index in [1.54, 1.807) is 17.6 Å². The summed E-state index contributed by atoms with van der Waals surface area (Å²) >= 11 is 5.04. The van der Waals surface area contributed by atoms with Crippen molar-refractivity contribution in [1.82, 2.24) is 0 Å². The van der Waals surface area contributed by atoms with Crippen molar-refractivity contribution in [1.29, 1.82) is 0 Å². The highest BCUT2D eigenvalue weighted by molar-refractivity contribution is 9.11. The first-order valence-electron chi connectivity index (χ1n) is 4.57. The van der Waals surface area contributed by atoms with Gasteiger partial charge in [0.2, 0.25) is 0 Å². The number of halogens is 1. The third kappa shape index (κ3) is 2.17. The van der Waals surface area contributed by atoms with E-state index in [-0.39, 0.29) is 0 Å². The number of hydrogen-bond acceptors (Lipinski definition) is 3. The monoisotopic (exact) mass is 286 g/mol. The molecule has 0 aliphatic carbocycles. The van der Waals surface area contributed by atoms with Crippen LogP contribution in [0, 0.1) is 13.8 Å². The lowest BCUT2D eigenvalue weighted by molar-refractivity contribution is 0.219. The average Bonchev–Trinajstić information content (AvgIpc) is 2.71. The standard InChI is InChI=1S/C11H11BrO2S/c1-6-3-8(5-14-6)11(13)9-4-10(12)15-7(9)2/h3-5,11,13H,1-2H3. The van der Waals surface area contributed by atoms with Gasteiger partial charge < -0.3 is 9.52 Å². The summed E-state index contributed by atoms with van der Waals surface area (Å²) in [6, 6.07) is 3.81. The maximum atomic E-state index is 10.1. The fourth-order valence-corrected chi connectivity index (χ4v) is 3.26. The predicted molar refractivity (Wildman–Crippen MR) is 64.3 cm³/mol. The summed E-state index contributed by atoms with van der Waals surface area (Å²) in [6.45, 7) is 3.87. The van der Waals surface area contributed by atoms with Crippen molar-refractivity contribution in [2.75, 3.05) is 0 Å². The number of aliphatic hydroxyl groups is 1. The molecule has 2 rings (SSSR count). The zero-order chi connectivity index (χ0) is 11.0. The lowest BCUT2D eigenvalue weighted by atomic mass is 10.1. The molecule has 1 unspecified atom stereocenters. The van der Waals surface area contributed by atoms with Crippen LogP contribution in [-0.2, 0) is 0 Å². The molecule has 4 heteroatoms. The first-order valence-corrected chi connectivity index (χ1v) is 6.18. The molecule has 80 valence electrons. The Bertz CT molecular complexity index is 473. The molecule has 2 heterocycles. The van der Waals surface area contributed by atoms with Gasteiger partial charge in [-0.15, -0.1) is 11.3 Å². The van der Waals surface area contributed by atoms with Gasteiger partial charge in [0.25, 0.3) is 0 Å². The molecule has 0 aromatic carbocycles. The van der Waals surface area contributed by atoms with Crippen LogP contribution < -0.4 is 0 Å². The average molecular weight is 287 g/mol. The number of furan rings is 1. The Morgan fingerprint density at radius 2 is 2.13 bits per heavy atom. The van der Waals surface area contributed by atoms with Crippen LogP contribution in [0.1, 0.15) is 27.9 Å². The number of aliphatic hydroxyl groups excluding tert-OH is 1. The second kappa shape index (κ2) is 4.12. The molecule has 0 amide bonds. The lowest BCUT2D eigenvalue weighted by Crippen LogP contribution is -1.97. The Labute approximate surface area is 101 Å². The summed E-state index contributed by atoms with van der Waals surface area (Å²) in [7, 11) is 0. The van der Waals surface area contributed by atoms with Crippen molar-refractivity contribution >= 4 is 27.3 Å². The van der Waals surface area contributed by atoms with Crippen molar-refractivity contribution in [2.24, 2.45) is 0 Å². The van der Waals surface area contributed by atoms with Gasteiger partial charge in [-0.2, -0.15) is 0 Å². The molecule has 0 aliphatic heterocycles. The number of hydrogen-bond donors (Lipinski definition) is 1. The zero-order valence-corrected chi connectivity index (χ0v) is 10.9. The summed E-state index contributed by atoms with van der Waals surface area (Å²) in [5.41, 5.74) is 1.74. The minimum atomic E-state index is -0.593. The Morgan fingerprint density at radius 3 is 2.60 bits per heavy atom. The fraction of sp³-hybridized carbons (Fsp3) is 0.273. The summed E-state index contributed by atoms with van der Waals surface area (Å²) in [5.74, 6) is 0.816. The number of rotatable bonds is 2. The van der Waals surface area contributed by atoms with Crippen molar-refractivity contribution < 1.29 is 9.52 Å². The Morgan fingerprint density at radius 1 is 1.40 bits per heavy atom. The van der Waals surface area contributed by atoms with E-state index in [1.807, 2.05) is 26.0 Å². The minimum absolute atomic E-state index is 0.593. The Kier molecular flexibility index (Phi) is 3.00. The van der Waals surface area contributed by atoms with E-state index in [1.165, 1.54) is 0 Å². The van der Waals surface area contributed by atoms with Crippen molar-refractivity contribution in [2.45, 2.75) is 20.0 Å². The van der Waals surface area contributed by atoms with E-state index in [9.17, 15) is 5.11 Å². The third-order valence-corrected chi connectivity index (χ3v) is 3.86. The van der Waals surface area contributed by atoms with Crippen LogP contribution in [0.15, 0.2) is 26.6 Å². The molecule has 0 spiro atoms. The maximum absolute atomic E-state index is 10.1. The molecule has 0 fully saturated rings. The molecule has 0 saturated heterocycles. The predicted octanol–water partition coefficient (Wildman–Crippen LogP) is 3.80. The van der Waals surface area contributed by atoms with Gasteiger partial charge in [-0.05, 0) is 47.5 Å². The minimum Gasteiger partial charge on any atom is -0.469 e. The summed E-state index contributed by atoms with van der Waals surface area (Å²) in [6.07, 6.45) is 1.01. The van der Waals surface area contributed by atoms with Gasteiger partial charge in [0.1, 0.15) is 11.9 Å². The van der Waals surface area contributed by atoms with Gasteiger partial charge in [0, 0.05) is 10.4 Å². The van der Waals surface area contributed by atoms with E-state index >= 15 is 0 Å². The number of thiophene rings is 1. The van der Waals surface area contributed by atoms with E-state index in [2.05, 4.69) is 15.9 Å². The molecule has 0 bridgehead atoms. The Hall–Kier alpha value is -0.580. The molecule has 0 aliphatic rings. The smallest absolute Gasteiger partial charge is 0.108 e. The van der Waals surface area contributed by atoms with Crippen molar-refractivity contribution in [3.63, 3.8) is 0 Å². The first kappa shape index (κ1) is 10.9. The number of aryl methyl sites for hydroxylation is 2. The van der Waals surface area contributed by atoms with Gasteiger partial charge in [0.15, 0.2) is 0 Å². The van der Waals surface area contributed by atoms with Crippen LogP contribution in [-0.4, -0.2) is 5.11 Å². The SMILES string of the molecule is Cc1cc(C(O)c2cc(Br)sc2C)co1. The largest absolute Gasteiger partial charge is 0.469 e. The molecule has 1 N–H and O–H groups in total. The van der Waals surface area contributed by atoms with Gasteiger partial charge in [0.05, 0.1) is 10.0 Å². The highest BCUT2D eigenvalue weighted by Gasteiger charge is 2.17. The van der Waals surface area contributed by atoms with Crippen LogP contribution in [0.25, 0.3) is 0 Å². The quantitative estimate of drug-likeness (QED) is 0.911. The first-order chi connectivity index (χ1) is 7.08. The summed E-state index contributed by atoms with van der Waals surface area (Å²) < 4.78 is 6.22. The molecule has 0 saturated carbocycles. The fourth-order valence-electron chi connectivity index (χ4n) is 1.52. The summed E-state index contributed by atoms with van der Waals surface area (Å²) in [4.78, 5) is 1.12. The van der Waals surface area contributed by atoms with E-state index in [0.29, 0.717) is 0 Å². The maximum Gasteiger partial charge on any atom is 0.108 e. The molecular weight excluding hydrogens is 276 g/mol. The molecule has 15 heavy (non-hydrogen) atoms. The van der Waals surface area contributed by atoms with Gasteiger partial charge >= 0.3 is 0 Å². The summed E-state index contributed by atoms with van der Waals surface area (Å²) in [5, 5.41) is 10.1. The van der Waals surface area contributed by atoms with Gasteiger partial charge in [-0.25, -0.2) is 0 Å². The van der Waals surface area contributed by atoms with E-state index in [0.717, 1.165) is 25.6 Å². The van der Waals surface area contributed by atoms with Crippen LogP contribution in [0.5, 0.6) is 0 Å². The second-order valence-electron chi connectivity index (χ2n) is 3.46. The third-order valence-electron chi connectivity index (χ3n) is 2.29. The van der Waals surface area contributed by atoms with Crippen molar-refractivity contribution in [3.05, 3.63) is 43.9 Å². The molecule has 2 nitrogen and oxygen atoms in total. The van der Waals surface area contributed by atoms with Crippen LogP contribution >= 0.6 is 27.3 Å². The van der Waals surface area contributed by atoms with Crippen LogP contribution in [0.2, 0.25) is 0 Å². The highest BCUT2D eigenvalue weighted by atomic mass is 79.9. The molecule has 1 atom stereocenters. The molecule has 0 radical (unpaired) electrons. The Balaban J connectivity index is 2.35. The second-order valence-corrected chi connectivity index (χ2v) is 6.09. The van der Waals surface area contributed by atoms with Gasteiger partial charge in [-0.3, -0.25) is 0 Å². The normalized spacial score (nSPS) is 13.1. The molecule has 2 aromatic rings. The molecular formula is C11H11BrO2S. The van der Waals surface area contributed by atoms with Crippen LogP contribution in [0.3, 0.4) is 0 Å². The zero-order valence-electron chi connectivity index (χ0n) is 8.45.